The topological polar surface area (TPSA) is 250 Å². The Morgan fingerprint density at radius 2 is 1.49 bits per heavy atom. The lowest BCUT2D eigenvalue weighted by atomic mass is 10.0. The molecule has 4 aromatic rings. The molecule has 4 aromatic carbocycles. The fraction of sp³-hybridized carbons (Fsp3) is 0.128. The third kappa shape index (κ3) is 8.89. The number of carbonyl (C=O) groups is 6. The summed E-state index contributed by atoms with van der Waals surface area (Å²) in [7, 11) is 2.91. The van der Waals surface area contributed by atoms with Crippen LogP contribution in [0.5, 0.6) is 46.0 Å². The van der Waals surface area contributed by atoms with Crippen LogP contribution in [0.3, 0.4) is 0 Å². The molecule has 0 fully saturated rings. The lowest BCUT2D eigenvalue weighted by molar-refractivity contribution is -0.139. The van der Waals surface area contributed by atoms with Gasteiger partial charge in [0.15, 0.2) is 29.3 Å². The Hall–Kier alpha value is -7.62. The number of carboxylic acids is 2. The molecule has 0 aromatic heterocycles. The molecule has 0 amide bonds. The molecular formula is C39H32O16. The molecule has 1 aliphatic rings. The lowest BCUT2D eigenvalue weighted by Crippen LogP contribution is -2.13. The highest BCUT2D eigenvalue weighted by Crippen LogP contribution is 2.50. The summed E-state index contributed by atoms with van der Waals surface area (Å²) in [4.78, 5) is 70.9. The third-order valence-corrected chi connectivity index (χ3v) is 7.85. The number of carbonyl (C=O) groups excluding carboxylic acids is 4. The summed E-state index contributed by atoms with van der Waals surface area (Å²) in [6.45, 7) is 1.83. The first-order chi connectivity index (χ1) is 26.1. The van der Waals surface area contributed by atoms with Gasteiger partial charge in [0.05, 0.1) is 25.3 Å². The molecule has 16 heteroatoms. The number of aromatic hydroxyl groups is 3. The van der Waals surface area contributed by atoms with Crippen molar-refractivity contribution in [2.75, 3.05) is 14.2 Å². The van der Waals surface area contributed by atoms with Gasteiger partial charge >= 0.3 is 23.9 Å². The van der Waals surface area contributed by atoms with Crippen molar-refractivity contribution >= 4 is 42.0 Å². The number of hydrogen-bond acceptors (Lipinski definition) is 14. The van der Waals surface area contributed by atoms with Gasteiger partial charge in [-0.25, -0.2) is 19.2 Å². The van der Waals surface area contributed by atoms with Crippen LogP contribution in [0.1, 0.15) is 63.7 Å². The lowest BCUT2D eigenvalue weighted by Gasteiger charge is -2.18. The summed E-state index contributed by atoms with van der Waals surface area (Å²) in [5, 5.41) is 48.9. The van der Waals surface area contributed by atoms with Crippen LogP contribution in [0, 0.1) is 13.8 Å². The number of ketones is 1. The van der Waals surface area contributed by atoms with Gasteiger partial charge in [-0.1, -0.05) is 36.4 Å². The van der Waals surface area contributed by atoms with E-state index < -0.39 is 70.2 Å². The standard InChI is InChI=1S/C22H16O12.C17H16O4/c1-8-5-12(24)10(6-23)19-15(8)22(31)34-20-11(7-32-14(27)4-3-13(25)26)17(28)16(21(29)30)9(2)18(20)33-19;1-20-13-10-15(19)17(16(11-13)21-2)14(18)9-8-12-6-4-3-5-7-12/h3-6,24,28H,7H2,1-2H3,(H,25,26)(H,29,30);3-11,19H,1-2H3. The second-order valence-electron chi connectivity index (χ2n) is 11.3. The number of rotatable bonds is 11. The van der Waals surface area contributed by atoms with Gasteiger partial charge in [-0.3, -0.25) is 9.59 Å². The number of methoxy groups -OCH3 is 2. The fourth-order valence-corrected chi connectivity index (χ4v) is 5.24. The van der Waals surface area contributed by atoms with Crippen LogP contribution in [0.25, 0.3) is 6.08 Å². The van der Waals surface area contributed by atoms with Crippen LogP contribution in [-0.2, 0) is 20.9 Å². The van der Waals surface area contributed by atoms with E-state index in [0.717, 1.165) is 11.6 Å². The van der Waals surface area contributed by atoms with E-state index in [0.29, 0.717) is 17.9 Å². The number of fused-ring (bicyclic) bond motifs is 2. The van der Waals surface area contributed by atoms with E-state index >= 15 is 0 Å². The number of allylic oxidation sites excluding steroid dienone is 1. The molecule has 55 heavy (non-hydrogen) atoms. The minimum Gasteiger partial charge on any atom is -0.507 e. The van der Waals surface area contributed by atoms with Gasteiger partial charge in [-0.15, -0.1) is 0 Å². The highest BCUT2D eigenvalue weighted by Gasteiger charge is 2.36. The van der Waals surface area contributed by atoms with E-state index in [1.165, 1.54) is 40.2 Å². The van der Waals surface area contributed by atoms with Crippen LogP contribution in [0.4, 0.5) is 0 Å². The summed E-state index contributed by atoms with van der Waals surface area (Å²) in [5.41, 5.74) is -0.785. The third-order valence-electron chi connectivity index (χ3n) is 7.85. The molecule has 0 spiro atoms. The Bertz CT molecular complexity index is 2270. The van der Waals surface area contributed by atoms with Crippen LogP contribution in [0.2, 0.25) is 0 Å². The van der Waals surface area contributed by atoms with Gasteiger partial charge in [0, 0.05) is 29.8 Å². The number of benzene rings is 4. The number of phenolic OH excluding ortho intramolecular Hbond substituents is 2. The molecule has 5 N–H and O–H groups in total. The van der Waals surface area contributed by atoms with E-state index in [1.807, 2.05) is 30.3 Å². The maximum atomic E-state index is 12.9. The van der Waals surface area contributed by atoms with E-state index in [9.17, 15) is 49.2 Å². The number of esters is 2. The largest absolute Gasteiger partial charge is 0.507 e. The smallest absolute Gasteiger partial charge is 0.347 e. The minimum absolute atomic E-state index is 0.116. The highest BCUT2D eigenvalue weighted by atomic mass is 16.6. The number of aliphatic carboxylic acids is 1. The minimum atomic E-state index is -1.60. The second kappa shape index (κ2) is 17.3. The Labute approximate surface area is 311 Å². The SMILES string of the molecule is COc1cc(O)c(C(=O)C=Cc2ccccc2)c(OC)c1.Cc1cc(O)c(C=O)c2c1C(=O)Oc1c(COC(=O)C=CC(=O)O)c(O)c(C(=O)O)c(C)c1O2. The number of aldehydes is 1. The number of ether oxygens (including phenoxy) is 5. The van der Waals surface area contributed by atoms with E-state index in [2.05, 4.69) is 0 Å². The van der Waals surface area contributed by atoms with Gasteiger partial charge in [-0.2, -0.15) is 0 Å². The maximum Gasteiger partial charge on any atom is 0.347 e. The summed E-state index contributed by atoms with van der Waals surface area (Å²) >= 11 is 0. The zero-order valence-corrected chi connectivity index (χ0v) is 29.4. The van der Waals surface area contributed by atoms with Crippen molar-refractivity contribution in [1.29, 1.82) is 0 Å². The predicted octanol–water partition coefficient (Wildman–Crippen LogP) is 5.54. The first-order valence-corrected chi connectivity index (χ1v) is 15.8. The molecule has 1 heterocycles. The van der Waals surface area contributed by atoms with E-state index in [1.54, 1.807) is 12.1 Å². The fourth-order valence-electron chi connectivity index (χ4n) is 5.24. The Kier molecular flexibility index (Phi) is 12.6. The van der Waals surface area contributed by atoms with Gasteiger partial charge < -0.3 is 49.2 Å². The molecule has 0 radical (unpaired) electrons. The summed E-state index contributed by atoms with van der Waals surface area (Å²) in [5.74, 6) is -7.72. The Morgan fingerprint density at radius 3 is 2.09 bits per heavy atom. The summed E-state index contributed by atoms with van der Waals surface area (Å²) in [6.07, 6.45) is 4.39. The Balaban J connectivity index is 0.000000274. The quantitative estimate of drug-likeness (QED) is 0.0414. The average molecular weight is 757 g/mol. The van der Waals surface area contributed by atoms with Crippen LogP contribution in [-0.4, -0.2) is 75.7 Å². The zero-order valence-electron chi connectivity index (χ0n) is 29.4. The average Bonchev–Trinajstić information content (AvgIpc) is 3.29. The van der Waals surface area contributed by atoms with Gasteiger partial charge in [0.1, 0.15) is 52.0 Å². The van der Waals surface area contributed by atoms with Crippen molar-refractivity contribution in [1.82, 2.24) is 0 Å². The van der Waals surface area contributed by atoms with Gasteiger partial charge in [0.2, 0.25) is 0 Å². The first-order valence-electron chi connectivity index (χ1n) is 15.8. The number of carboxylic acid groups (broad SMARTS) is 2. The van der Waals surface area contributed by atoms with Crippen LogP contribution >= 0.6 is 0 Å². The molecular weight excluding hydrogens is 724 g/mol. The first kappa shape index (κ1) is 40.2. The summed E-state index contributed by atoms with van der Waals surface area (Å²) < 4.78 is 26.1. The molecule has 0 saturated carbocycles. The maximum absolute atomic E-state index is 12.9. The molecule has 0 aliphatic carbocycles. The number of hydrogen-bond donors (Lipinski definition) is 5. The zero-order chi connectivity index (χ0) is 40.6. The van der Waals surface area contributed by atoms with E-state index in [4.69, 9.17) is 28.8 Å². The van der Waals surface area contributed by atoms with Crippen molar-refractivity contribution in [2.24, 2.45) is 0 Å². The van der Waals surface area contributed by atoms with Crippen molar-refractivity contribution in [3.63, 3.8) is 0 Å². The van der Waals surface area contributed by atoms with Crippen molar-refractivity contribution in [3.8, 4) is 46.0 Å². The predicted molar refractivity (Wildman–Crippen MR) is 191 cm³/mol. The molecule has 0 saturated heterocycles. The number of aryl methyl sites for hydroxylation is 1. The second-order valence-corrected chi connectivity index (χ2v) is 11.3. The van der Waals surface area contributed by atoms with Crippen LogP contribution in [0.15, 0.2) is 66.8 Å². The monoisotopic (exact) mass is 756 g/mol. The summed E-state index contributed by atoms with van der Waals surface area (Å²) in [6, 6.07) is 13.5. The number of aromatic carboxylic acids is 1. The molecule has 16 nitrogen and oxygen atoms in total. The van der Waals surface area contributed by atoms with Crippen molar-refractivity contribution in [3.05, 3.63) is 111 Å². The normalized spacial score (nSPS) is 11.5. The molecule has 284 valence electrons. The molecule has 0 unspecified atom stereocenters. The Morgan fingerprint density at radius 1 is 0.800 bits per heavy atom. The molecule has 0 bridgehead atoms. The molecule has 0 atom stereocenters. The van der Waals surface area contributed by atoms with Crippen molar-refractivity contribution in [2.45, 2.75) is 20.5 Å². The van der Waals surface area contributed by atoms with E-state index in [-0.39, 0.29) is 51.6 Å². The highest BCUT2D eigenvalue weighted by molar-refractivity contribution is 6.10. The molecule has 5 rings (SSSR count). The van der Waals surface area contributed by atoms with Gasteiger partial charge in [-0.05, 0) is 37.1 Å². The van der Waals surface area contributed by atoms with Crippen molar-refractivity contribution < 1.29 is 78.0 Å². The number of phenols is 3. The van der Waals surface area contributed by atoms with Gasteiger partial charge in [0.25, 0.3) is 0 Å². The van der Waals surface area contributed by atoms with Crippen LogP contribution < -0.4 is 18.9 Å². The molecule has 1 aliphatic heterocycles.